The van der Waals surface area contributed by atoms with Gasteiger partial charge in [0.15, 0.2) is 0 Å². The number of nitrogens with zero attached hydrogens (tertiary/aromatic N) is 3. The van der Waals surface area contributed by atoms with Gasteiger partial charge in [-0.2, -0.15) is 9.78 Å². The van der Waals surface area contributed by atoms with Gasteiger partial charge in [0.25, 0.3) is 0 Å². The fourth-order valence-corrected chi connectivity index (χ4v) is 6.17. The molecule has 148 valence electrons. The van der Waals surface area contributed by atoms with E-state index in [9.17, 15) is 4.79 Å². The molecule has 6 nitrogen and oxygen atoms in total. The predicted octanol–water partition coefficient (Wildman–Crippen LogP) is 5.49. The molecule has 0 saturated heterocycles. The number of thiazole rings is 1. The predicted molar refractivity (Wildman–Crippen MR) is 120 cm³/mol. The highest BCUT2D eigenvalue weighted by atomic mass is 79.9. The minimum Gasteiger partial charge on any atom is -0.494 e. The number of benzene rings is 1. The number of ether oxygens (including phenoxy) is 1. The van der Waals surface area contributed by atoms with Gasteiger partial charge in [0.2, 0.25) is 11.0 Å². The van der Waals surface area contributed by atoms with E-state index in [0.717, 1.165) is 46.8 Å². The number of nitrogens with one attached hydrogen (secondary N) is 1. The third-order valence-electron chi connectivity index (χ3n) is 4.88. The number of rotatable bonds is 4. The highest BCUT2D eigenvalue weighted by Crippen LogP contribution is 2.43. The molecule has 29 heavy (non-hydrogen) atoms. The van der Waals surface area contributed by atoms with Crippen LogP contribution in [0.1, 0.15) is 35.4 Å². The summed E-state index contributed by atoms with van der Waals surface area (Å²) in [5.74, 6) is 1.54. The minimum absolute atomic E-state index is 0.00253. The number of hydrogen-bond acceptors (Lipinski definition) is 6. The summed E-state index contributed by atoms with van der Waals surface area (Å²) in [6, 6.07) is 9.97. The first-order valence-corrected chi connectivity index (χ1v) is 11.6. The molecule has 1 N–H and O–H groups in total. The number of amides is 1. The first kappa shape index (κ1) is 18.8. The van der Waals surface area contributed by atoms with Crippen LogP contribution >= 0.6 is 38.6 Å². The Kier molecular flexibility index (Phi) is 4.68. The van der Waals surface area contributed by atoms with E-state index in [2.05, 4.69) is 27.3 Å². The van der Waals surface area contributed by atoms with Gasteiger partial charge in [-0.1, -0.05) is 11.3 Å². The van der Waals surface area contributed by atoms with Gasteiger partial charge < -0.3 is 10.1 Å². The van der Waals surface area contributed by atoms with E-state index in [-0.39, 0.29) is 11.8 Å². The molecule has 1 aliphatic heterocycles. The Bertz CT molecular complexity index is 1240. The average Bonchev–Trinajstić information content (AvgIpc) is 3.38. The molecule has 1 unspecified atom stereocenters. The number of aryl methyl sites for hydroxylation is 1. The summed E-state index contributed by atoms with van der Waals surface area (Å²) in [5.41, 5.74) is 2.85. The molecule has 0 radical (unpaired) electrons. The van der Waals surface area contributed by atoms with Crippen LogP contribution in [0.15, 0.2) is 34.1 Å². The zero-order chi connectivity index (χ0) is 20.1. The van der Waals surface area contributed by atoms with Crippen LogP contribution in [0.3, 0.4) is 0 Å². The maximum absolute atomic E-state index is 12.5. The maximum Gasteiger partial charge on any atom is 0.226 e. The molecule has 0 saturated carbocycles. The van der Waals surface area contributed by atoms with Crippen molar-refractivity contribution in [2.45, 2.75) is 26.2 Å². The Morgan fingerprint density at radius 2 is 2.17 bits per heavy atom. The van der Waals surface area contributed by atoms with Gasteiger partial charge in [0.05, 0.1) is 26.3 Å². The summed E-state index contributed by atoms with van der Waals surface area (Å²) in [4.78, 5) is 18.4. The summed E-state index contributed by atoms with van der Waals surface area (Å²) < 4.78 is 9.44. The largest absolute Gasteiger partial charge is 0.494 e. The van der Waals surface area contributed by atoms with Crippen molar-refractivity contribution in [1.29, 1.82) is 0 Å². The SMILES string of the molecule is CCOc1ccc2nc(-n3nc(C)c4c3NC(=O)CC4c3ccc(Br)s3)sc2c1. The van der Waals surface area contributed by atoms with Crippen LogP contribution in [0.25, 0.3) is 15.3 Å². The Labute approximate surface area is 183 Å². The summed E-state index contributed by atoms with van der Waals surface area (Å²) in [5, 5.41) is 8.50. The third kappa shape index (κ3) is 3.27. The van der Waals surface area contributed by atoms with Crippen molar-refractivity contribution < 1.29 is 9.53 Å². The van der Waals surface area contributed by atoms with Crippen LogP contribution < -0.4 is 10.1 Å². The van der Waals surface area contributed by atoms with Gasteiger partial charge in [-0.15, -0.1) is 11.3 Å². The molecule has 9 heteroatoms. The quantitative estimate of drug-likeness (QED) is 0.412. The molecule has 0 bridgehead atoms. The molecule has 4 aromatic rings. The van der Waals surface area contributed by atoms with Crippen LogP contribution in [0.5, 0.6) is 5.75 Å². The van der Waals surface area contributed by atoms with Crippen molar-refractivity contribution in [3.8, 4) is 10.9 Å². The summed E-state index contributed by atoms with van der Waals surface area (Å²) in [7, 11) is 0. The van der Waals surface area contributed by atoms with E-state index >= 15 is 0 Å². The summed E-state index contributed by atoms with van der Waals surface area (Å²) in [6.45, 7) is 4.57. The number of carbonyl (C=O) groups is 1. The number of thiophene rings is 1. The van der Waals surface area contributed by atoms with Gasteiger partial charge in [0, 0.05) is 22.8 Å². The molecular weight excluding hydrogens is 472 g/mol. The van der Waals surface area contributed by atoms with E-state index in [1.54, 1.807) is 16.0 Å². The standard InChI is InChI=1S/C20H17BrN4O2S2/c1-3-27-11-4-5-13-15(8-11)29-20(22-13)25-19-18(10(2)24-25)12(9-17(26)23-19)14-6-7-16(21)28-14/h4-8,12H,3,9H2,1-2H3,(H,23,26). The lowest BCUT2D eigenvalue weighted by Gasteiger charge is -2.22. The summed E-state index contributed by atoms with van der Waals surface area (Å²) in [6.07, 6.45) is 0.421. The van der Waals surface area contributed by atoms with Crippen LogP contribution in [0.2, 0.25) is 0 Å². The second-order valence-electron chi connectivity index (χ2n) is 6.77. The van der Waals surface area contributed by atoms with Gasteiger partial charge in [-0.3, -0.25) is 4.79 Å². The van der Waals surface area contributed by atoms with E-state index in [0.29, 0.717) is 13.0 Å². The molecule has 1 atom stereocenters. The Balaban J connectivity index is 1.62. The second kappa shape index (κ2) is 7.23. The molecule has 4 heterocycles. The fraction of sp³-hybridized carbons (Fsp3) is 0.250. The molecule has 0 fully saturated rings. The fourth-order valence-electron chi connectivity index (χ4n) is 3.68. The summed E-state index contributed by atoms with van der Waals surface area (Å²) >= 11 is 6.72. The lowest BCUT2D eigenvalue weighted by atomic mass is 9.91. The molecule has 0 aliphatic carbocycles. The van der Waals surface area contributed by atoms with Crippen molar-refractivity contribution in [3.63, 3.8) is 0 Å². The van der Waals surface area contributed by atoms with E-state index < -0.39 is 0 Å². The minimum atomic E-state index is -0.00656. The van der Waals surface area contributed by atoms with Crippen molar-refractivity contribution in [2.75, 3.05) is 11.9 Å². The monoisotopic (exact) mass is 488 g/mol. The molecule has 3 aromatic heterocycles. The van der Waals surface area contributed by atoms with Crippen LogP contribution in [0, 0.1) is 6.92 Å². The van der Waals surface area contributed by atoms with Crippen molar-refractivity contribution in [1.82, 2.24) is 14.8 Å². The first-order valence-electron chi connectivity index (χ1n) is 9.22. The number of fused-ring (bicyclic) bond motifs is 2. The molecule has 0 spiro atoms. The molecule has 1 aromatic carbocycles. The maximum atomic E-state index is 12.5. The smallest absolute Gasteiger partial charge is 0.226 e. The number of halogens is 1. The Hall–Kier alpha value is -2.23. The number of anilines is 1. The first-order chi connectivity index (χ1) is 14.0. The molecule has 5 rings (SSSR count). The van der Waals surface area contributed by atoms with Crippen LogP contribution in [0.4, 0.5) is 5.82 Å². The highest BCUT2D eigenvalue weighted by Gasteiger charge is 2.34. The van der Waals surface area contributed by atoms with Crippen molar-refractivity contribution in [3.05, 3.63) is 50.3 Å². The van der Waals surface area contributed by atoms with Gasteiger partial charge in [-0.25, -0.2) is 4.98 Å². The highest BCUT2D eigenvalue weighted by molar-refractivity contribution is 9.11. The number of carbonyl (C=O) groups excluding carboxylic acids is 1. The van der Waals surface area contributed by atoms with Crippen LogP contribution in [-0.2, 0) is 4.79 Å². The van der Waals surface area contributed by atoms with Gasteiger partial charge in [-0.05, 0) is 60.1 Å². The Morgan fingerprint density at radius 1 is 1.31 bits per heavy atom. The molecule has 1 aliphatic rings. The van der Waals surface area contributed by atoms with Crippen molar-refractivity contribution >= 4 is 60.5 Å². The zero-order valence-corrected chi connectivity index (χ0v) is 18.9. The van der Waals surface area contributed by atoms with E-state index in [1.807, 2.05) is 38.1 Å². The van der Waals surface area contributed by atoms with Crippen LogP contribution in [-0.4, -0.2) is 27.3 Å². The average molecular weight is 489 g/mol. The van der Waals surface area contributed by atoms with Crippen molar-refractivity contribution in [2.24, 2.45) is 0 Å². The lowest BCUT2D eigenvalue weighted by molar-refractivity contribution is -0.116. The normalized spacial score (nSPS) is 16.1. The number of aromatic nitrogens is 3. The zero-order valence-electron chi connectivity index (χ0n) is 15.7. The number of hydrogen-bond donors (Lipinski definition) is 1. The second-order valence-corrected chi connectivity index (χ2v) is 10.3. The topological polar surface area (TPSA) is 69.0 Å². The van der Waals surface area contributed by atoms with E-state index in [4.69, 9.17) is 14.8 Å². The molecular formula is C20H17BrN4O2S2. The molecule has 1 amide bonds. The Morgan fingerprint density at radius 3 is 2.93 bits per heavy atom. The lowest BCUT2D eigenvalue weighted by Crippen LogP contribution is -2.24. The third-order valence-corrected chi connectivity index (χ3v) is 7.61. The van der Waals surface area contributed by atoms with Gasteiger partial charge >= 0.3 is 0 Å². The van der Waals surface area contributed by atoms with Gasteiger partial charge in [0.1, 0.15) is 11.6 Å². The van der Waals surface area contributed by atoms with E-state index in [1.165, 1.54) is 11.3 Å².